The average Bonchev–Trinajstić information content (AvgIpc) is 2.59. The number of fused-ring (bicyclic) bond motifs is 1. The van der Waals surface area contributed by atoms with E-state index in [1.54, 1.807) is 0 Å². The molecule has 1 aromatic carbocycles. The van der Waals surface area contributed by atoms with Crippen LogP contribution < -0.4 is 0 Å². The first-order valence-corrected chi connectivity index (χ1v) is 4.50. The summed E-state index contributed by atoms with van der Waals surface area (Å²) in [5, 5.41) is 8.87. The first-order valence-electron chi connectivity index (χ1n) is 4.50. The van der Waals surface area contributed by atoms with Crippen molar-refractivity contribution in [3.05, 3.63) is 41.5 Å². The number of hydrogen-bond acceptors (Lipinski definition) is 1. The van der Waals surface area contributed by atoms with Crippen molar-refractivity contribution in [2.24, 2.45) is 0 Å². The molecular weight excluding hydrogens is 158 g/mol. The highest BCUT2D eigenvalue weighted by Crippen LogP contribution is 2.32. The van der Waals surface area contributed by atoms with Crippen LogP contribution in [0.4, 0.5) is 0 Å². The molecule has 2 rings (SSSR count). The fourth-order valence-corrected chi connectivity index (χ4v) is 1.90. The minimum absolute atomic E-state index is 0.119. The minimum atomic E-state index is 0.119. The maximum Gasteiger partial charge on any atom is 0.0718 e. The molecule has 1 heteroatoms. The summed E-state index contributed by atoms with van der Waals surface area (Å²) < 4.78 is 0. The van der Waals surface area contributed by atoms with Crippen LogP contribution in [0.2, 0.25) is 0 Å². The van der Waals surface area contributed by atoms with Crippen LogP contribution in [0.5, 0.6) is 0 Å². The third-order valence-corrected chi connectivity index (χ3v) is 2.64. The summed E-state index contributed by atoms with van der Waals surface area (Å²) in [7, 11) is 0. The highest BCUT2D eigenvalue weighted by Gasteiger charge is 2.21. The third kappa shape index (κ3) is 1.25. The van der Waals surface area contributed by atoms with E-state index in [0.717, 1.165) is 18.4 Å². The normalized spacial score (nSPS) is 19.2. The molecule has 0 radical (unpaired) electrons. The van der Waals surface area contributed by atoms with Gasteiger partial charge in [-0.15, -0.1) is 0 Å². The molecule has 0 aromatic heterocycles. The van der Waals surface area contributed by atoms with Gasteiger partial charge in [0.1, 0.15) is 0 Å². The summed E-state index contributed by atoms with van der Waals surface area (Å²) in [6.07, 6.45) is 3.86. The molecule has 0 saturated heterocycles. The zero-order valence-corrected chi connectivity index (χ0v) is 7.46. The van der Waals surface area contributed by atoms with Crippen molar-refractivity contribution >= 4 is 6.08 Å². The lowest BCUT2D eigenvalue weighted by atomic mass is 10.0. The zero-order chi connectivity index (χ0) is 9.26. The van der Waals surface area contributed by atoms with Gasteiger partial charge >= 0.3 is 0 Å². The molecule has 64 valence electrons. The second-order valence-corrected chi connectivity index (χ2v) is 3.38. The Morgan fingerprint density at radius 2 is 2.38 bits per heavy atom. The lowest BCUT2D eigenvalue weighted by Gasteiger charge is -2.02. The van der Waals surface area contributed by atoms with Crippen LogP contribution in [-0.2, 0) is 6.42 Å². The van der Waals surface area contributed by atoms with E-state index in [0.29, 0.717) is 0 Å². The fourth-order valence-electron chi connectivity index (χ4n) is 1.90. The van der Waals surface area contributed by atoms with Crippen LogP contribution in [0.3, 0.4) is 0 Å². The molecular formula is C12H11N. The Bertz CT molecular complexity index is 385. The first kappa shape index (κ1) is 8.07. The van der Waals surface area contributed by atoms with E-state index in [1.807, 2.05) is 12.1 Å². The lowest BCUT2D eigenvalue weighted by Crippen LogP contribution is -1.88. The Kier molecular flexibility index (Phi) is 1.90. The van der Waals surface area contributed by atoms with Gasteiger partial charge in [-0.05, 0) is 29.5 Å². The van der Waals surface area contributed by atoms with Gasteiger partial charge in [-0.2, -0.15) is 5.26 Å². The average molecular weight is 169 g/mol. The Balaban J connectivity index is 2.47. The van der Waals surface area contributed by atoms with E-state index in [9.17, 15) is 0 Å². The molecule has 0 spiro atoms. The Labute approximate surface area is 78.3 Å². The largest absolute Gasteiger partial charge is 0.198 e. The third-order valence-electron chi connectivity index (χ3n) is 2.64. The maximum atomic E-state index is 8.87. The number of hydrogen-bond donors (Lipinski definition) is 0. The Hall–Kier alpha value is -1.55. The van der Waals surface area contributed by atoms with E-state index < -0.39 is 0 Å². The minimum Gasteiger partial charge on any atom is -0.198 e. The topological polar surface area (TPSA) is 23.8 Å². The van der Waals surface area contributed by atoms with Crippen LogP contribution in [0, 0.1) is 11.3 Å². The van der Waals surface area contributed by atoms with Gasteiger partial charge in [0.2, 0.25) is 0 Å². The molecule has 1 aromatic rings. The molecule has 0 saturated carbocycles. The van der Waals surface area contributed by atoms with Gasteiger partial charge in [0.05, 0.1) is 12.0 Å². The van der Waals surface area contributed by atoms with E-state index >= 15 is 0 Å². The first-order chi connectivity index (χ1) is 6.35. The summed E-state index contributed by atoms with van der Waals surface area (Å²) >= 11 is 0. The van der Waals surface area contributed by atoms with Crippen molar-refractivity contribution in [3.63, 3.8) is 0 Å². The summed E-state index contributed by atoms with van der Waals surface area (Å²) in [6.45, 7) is 3.73. The second kappa shape index (κ2) is 3.06. The van der Waals surface area contributed by atoms with Crippen LogP contribution in [0.1, 0.15) is 29.0 Å². The van der Waals surface area contributed by atoms with Crippen molar-refractivity contribution in [1.82, 2.24) is 0 Å². The van der Waals surface area contributed by atoms with Crippen molar-refractivity contribution in [2.75, 3.05) is 0 Å². The number of rotatable bonds is 1. The standard InChI is InChI=1S/C12H11N/c1-2-9-3-6-12-10(7-9)4-5-11(12)8-13/h2-3,6-7,11H,1,4-5H2. The highest BCUT2D eigenvalue weighted by atomic mass is 14.3. The van der Waals surface area contributed by atoms with Crippen molar-refractivity contribution in [3.8, 4) is 6.07 Å². The number of nitriles is 1. The lowest BCUT2D eigenvalue weighted by molar-refractivity contribution is 0.826. The molecule has 0 N–H and O–H groups in total. The maximum absolute atomic E-state index is 8.87. The molecule has 1 aliphatic carbocycles. The summed E-state index contributed by atoms with van der Waals surface area (Å²) in [5.74, 6) is 0.119. The van der Waals surface area contributed by atoms with Crippen molar-refractivity contribution < 1.29 is 0 Å². The number of nitrogens with zero attached hydrogens (tertiary/aromatic N) is 1. The van der Waals surface area contributed by atoms with Gasteiger partial charge in [0.25, 0.3) is 0 Å². The van der Waals surface area contributed by atoms with Crippen molar-refractivity contribution in [1.29, 1.82) is 5.26 Å². The van der Waals surface area contributed by atoms with Gasteiger partial charge in [0, 0.05) is 0 Å². The van der Waals surface area contributed by atoms with Gasteiger partial charge in [0.15, 0.2) is 0 Å². The summed E-state index contributed by atoms with van der Waals surface area (Å²) in [6, 6.07) is 8.56. The second-order valence-electron chi connectivity index (χ2n) is 3.38. The summed E-state index contributed by atoms with van der Waals surface area (Å²) in [4.78, 5) is 0. The van der Waals surface area contributed by atoms with Gasteiger partial charge in [-0.25, -0.2) is 0 Å². The van der Waals surface area contributed by atoms with E-state index in [1.165, 1.54) is 11.1 Å². The Morgan fingerprint density at radius 1 is 1.54 bits per heavy atom. The monoisotopic (exact) mass is 169 g/mol. The van der Waals surface area contributed by atoms with Crippen LogP contribution >= 0.6 is 0 Å². The van der Waals surface area contributed by atoms with Crippen LogP contribution in [0.15, 0.2) is 24.8 Å². The van der Waals surface area contributed by atoms with Crippen LogP contribution in [0.25, 0.3) is 6.08 Å². The van der Waals surface area contributed by atoms with E-state index in [-0.39, 0.29) is 5.92 Å². The van der Waals surface area contributed by atoms with Crippen LogP contribution in [-0.4, -0.2) is 0 Å². The quantitative estimate of drug-likeness (QED) is 0.634. The fraction of sp³-hybridized carbons (Fsp3) is 0.250. The molecule has 0 heterocycles. The van der Waals surface area contributed by atoms with E-state index in [2.05, 4.69) is 24.8 Å². The van der Waals surface area contributed by atoms with Gasteiger partial charge in [-0.3, -0.25) is 0 Å². The molecule has 0 amide bonds. The molecule has 0 fully saturated rings. The van der Waals surface area contributed by atoms with Gasteiger partial charge in [-0.1, -0.05) is 30.9 Å². The highest BCUT2D eigenvalue weighted by molar-refractivity contribution is 5.52. The predicted octanol–water partition coefficient (Wildman–Crippen LogP) is 2.88. The van der Waals surface area contributed by atoms with E-state index in [4.69, 9.17) is 5.26 Å². The molecule has 1 atom stereocenters. The molecule has 1 aliphatic rings. The molecule has 13 heavy (non-hydrogen) atoms. The SMILES string of the molecule is C=Cc1ccc2c(c1)CCC2C#N. The van der Waals surface area contributed by atoms with Crippen molar-refractivity contribution in [2.45, 2.75) is 18.8 Å². The molecule has 0 aliphatic heterocycles. The number of aryl methyl sites for hydroxylation is 1. The smallest absolute Gasteiger partial charge is 0.0718 e. The summed E-state index contributed by atoms with van der Waals surface area (Å²) in [5.41, 5.74) is 3.69. The molecule has 1 nitrogen and oxygen atoms in total. The van der Waals surface area contributed by atoms with Gasteiger partial charge < -0.3 is 0 Å². The zero-order valence-electron chi connectivity index (χ0n) is 7.46. The molecule has 1 unspecified atom stereocenters. The Morgan fingerprint density at radius 3 is 3.08 bits per heavy atom. The predicted molar refractivity (Wildman–Crippen MR) is 53.2 cm³/mol. The number of benzene rings is 1. The molecule has 0 bridgehead atoms.